The van der Waals surface area contributed by atoms with E-state index >= 15 is 0 Å². The molecule has 1 aromatic heterocycles. The van der Waals surface area contributed by atoms with Gasteiger partial charge in [0.2, 0.25) is 0 Å². The highest BCUT2D eigenvalue weighted by Crippen LogP contribution is 2.22. The number of primary amides is 1. The van der Waals surface area contributed by atoms with Crippen molar-refractivity contribution in [3.63, 3.8) is 0 Å². The van der Waals surface area contributed by atoms with Gasteiger partial charge in [0.15, 0.2) is 0 Å². The minimum Gasteiger partial charge on any atom is -0.435 e. The smallest absolute Gasteiger partial charge is 0.387 e. The standard InChI is InChI=1S/C10H8F2N4O3/c11-9(12)18-6-3-1-2-5(4-6)14-10-16-15-8(19-10)7(13)17/h1-4,9H,(H2,13,17)(H,14,16). The number of hydrogen-bond donors (Lipinski definition) is 2. The topological polar surface area (TPSA) is 103 Å². The number of nitrogens with zero attached hydrogens (tertiary/aromatic N) is 2. The maximum Gasteiger partial charge on any atom is 0.387 e. The van der Waals surface area contributed by atoms with Crippen LogP contribution in [0.1, 0.15) is 10.7 Å². The summed E-state index contributed by atoms with van der Waals surface area (Å²) in [6.45, 7) is -2.92. The molecule has 0 unspecified atom stereocenters. The highest BCUT2D eigenvalue weighted by atomic mass is 19.3. The summed E-state index contributed by atoms with van der Waals surface area (Å²) in [6.07, 6.45) is 0. The van der Waals surface area contributed by atoms with Crippen molar-refractivity contribution in [2.75, 3.05) is 5.32 Å². The van der Waals surface area contributed by atoms with Crippen LogP contribution in [0.4, 0.5) is 20.5 Å². The number of halogens is 2. The molecule has 0 radical (unpaired) electrons. The summed E-state index contributed by atoms with van der Waals surface area (Å²) in [7, 11) is 0. The number of nitrogens with one attached hydrogen (secondary N) is 1. The van der Waals surface area contributed by atoms with Crippen molar-refractivity contribution in [3.8, 4) is 5.75 Å². The summed E-state index contributed by atoms with van der Waals surface area (Å²) in [6, 6.07) is 5.63. The number of carbonyl (C=O) groups is 1. The second-order valence-electron chi connectivity index (χ2n) is 3.31. The third-order valence-corrected chi connectivity index (χ3v) is 1.95. The van der Waals surface area contributed by atoms with Crippen molar-refractivity contribution in [2.45, 2.75) is 6.61 Å². The molecule has 0 fully saturated rings. The van der Waals surface area contributed by atoms with Gasteiger partial charge in [-0.05, 0) is 12.1 Å². The molecular formula is C10H8F2N4O3. The number of hydrogen-bond acceptors (Lipinski definition) is 6. The average Bonchev–Trinajstić information content (AvgIpc) is 2.77. The molecule has 0 aliphatic carbocycles. The lowest BCUT2D eigenvalue weighted by Gasteiger charge is -2.06. The lowest BCUT2D eigenvalue weighted by Crippen LogP contribution is -2.10. The summed E-state index contributed by atoms with van der Waals surface area (Å²) < 4.78 is 33.2. The molecule has 3 N–H and O–H groups in total. The monoisotopic (exact) mass is 270 g/mol. The first kappa shape index (κ1) is 12.7. The van der Waals surface area contributed by atoms with E-state index in [4.69, 9.17) is 10.2 Å². The Morgan fingerprint density at radius 1 is 1.42 bits per heavy atom. The summed E-state index contributed by atoms with van der Waals surface area (Å²) in [5.74, 6) is -1.26. The third kappa shape index (κ3) is 3.37. The van der Waals surface area contributed by atoms with Gasteiger partial charge in [0.05, 0.1) is 0 Å². The first-order valence-electron chi connectivity index (χ1n) is 5.00. The maximum absolute atomic E-state index is 12.0. The summed E-state index contributed by atoms with van der Waals surface area (Å²) in [5, 5.41) is 9.50. The van der Waals surface area contributed by atoms with Crippen molar-refractivity contribution >= 4 is 17.6 Å². The highest BCUT2D eigenvalue weighted by molar-refractivity contribution is 5.87. The Kier molecular flexibility index (Phi) is 3.55. The van der Waals surface area contributed by atoms with Crippen LogP contribution in [0.5, 0.6) is 5.75 Å². The molecule has 0 aliphatic rings. The minimum atomic E-state index is -2.92. The van der Waals surface area contributed by atoms with E-state index in [1.807, 2.05) is 0 Å². The van der Waals surface area contributed by atoms with Crippen LogP contribution in [0, 0.1) is 0 Å². The number of nitrogens with two attached hydrogens (primary N) is 1. The van der Waals surface area contributed by atoms with E-state index in [-0.39, 0.29) is 17.7 Å². The molecule has 0 bridgehead atoms. The summed E-state index contributed by atoms with van der Waals surface area (Å²) in [5.41, 5.74) is 5.31. The predicted octanol–water partition coefficient (Wildman–Crippen LogP) is 1.51. The van der Waals surface area contributed by atoms with E-state index < -0.39 is 12.5 Å². The average molecular weight is 270 g/mol. The normalized spacial score (nSPS) is 10.5. The number of anilines is 2. The van der Waals surface area contributed by atoms with E-state index in [1.165, 1.54) is 18.2 Å². The molecule has 9 heteroatoms. The maximum atomic E-state index is 12.0. The van der Waals surface area contributed by atoms with Gasteiger partial charge in [-0.25, -0.2) is 0 Å². The second-order valence-corrected chi connectivity index (χ2v) is 3.31. The molecule has 1 heterocycles. The number of ether oxygens (including phenoxy) is 1. The van der Waals surface area contributed by atoms with E-state index in [9.17, 15) is 13.6 Å². The Bertz CT molecular complexity index is 588. The fraction of sp³-hybridized carbons (Fsp3) is 0.100. The molecule has 0 atom stereocenters. The van der Waals surface area contributed by atoms with Crippen molar-refractivity contribution in [3.05, 3.63) is 30.2 Å². The van der Waals surface area contributed by atoms with Crippen molar-refractivity contribution in [2.24, 2.45) is 5.73 Å². The SMILES string of the molecule is NC(=O)c1nnc(Nc2cccc(OC(F)F)c2)o1. The Balaban J connectivity index is 2.11. The molecule has 0 saturated heterocycles. The van der Waals surface area contributed by atoms with Gasteiger partial charge in [-0.1, -0.05) is 11.2 Å². The van der Waals surface area contributed by atoms with Crippen LogP contribution >= 0.6 is 0 Å². The van der Waals surface area contributed by atoms with Crippen LogP contribution in [-0.2, 0) is 0 Å². The number of amides is 1. The van der Waals surface area contributed by atoms with Gasteiger partial charge in [0, 0.05) is 11.8 Å². The fourth-order valence-corrected chi connectivity index (χ4v) is 1.25. The number of alkyl halides is 2. The van der Waals surface area contributed by atoms with Gasteiger partial charge in [0.25, 0.3) is 0 Å². The van der Waals surface area contributed by atoms with E-state index in [0.717, 1.165) is 0 Å². The zero-order chi connectivity index (χ0) is 13.8. The molecule has 19 heavy (non-hydrogen) atoms. The summed E-state index contributed by atoms with van der Waals surface area (Å²) in [4.78, 5) is 10.7. The second kappa shape index (κ2) is 5.29. The van der Waals surface area contributed by atoms with Gasteiger partial charge < -0.3 is 20.2 Å². The van der Waals surface area contributed by atoms with Crippen LogP contribution in [0.15, 0.2) is 28.7 Å². The van der Waals surface area contributed by atoms with E-state index in [2.05, 4.69) is 20.3 Å². The molecule has 0 aliphatic heterocycles. The van der Waals surface area contributed by atoms with Crippen molar-refractivity contribution in [1.29, 1.82) is 0 Å². The number of rotatable bonds is 5. The largest absolute Gasteiger partial charge is 0.435 e. The molecule has 2 aromatic rings. The molecule has 1 aromatic carbocycles. The zero-order valence-corrected chi connectivity index (χ0v) is 9.34. The van der Waals surface area contributed by atoms with Gasteiger partial charge in [-0.2, -0.15) is 8.78 Å². The predicted molar refractivity (Wildman–Crippen MR) is 59.2 cm³/mol. The molecule has 0 spiro atoms. The lowest BCUT2D eigenvalue weighted by molar-refractivity contribution is -0.0498. The Hall–Kier alpha value is -2.71. The highest BCUT2D eigenvalue weighted by Gasteiger charge is 2.11. The van der Waals surface area contributed by atoms with E-state index in [1.54, 1.807) is 6.07 Å². The third-order valence-electron chi connectivity index (χ3n) is 1.95. The molecule has 0 saturated carbocycles. The van der Waals surface area contributed by atoms with Crippen molar-refractivity contribution in [1.82, 2.24) is 10.2 Å². The van der Waals surface area contributed by atoms with Crippen LogP contribution in [0.2, 0.25) is 0 Å². The molecule has 2 rings (SSSR count). The molecule has 1 amide bonds. The molecule has 100 valence electrons. The first-order chi connectivity index (χ1) is 9.04. The number of aromatic nitrogens is 2. The van der Waals surface area contributed by atoms with E-state index in [0.29, 0.717) is 5.69 Å². The van der Waals surface area contributed by atoms with Gasteiger partial charge in [0.1, 0.15) is 5.75 Å². The minimum absolute atomic E-state index is 0.0327. The van der Waals surface area contributed by atoms with Crippen LogP contribution in [-0.4, -0.2) is 22.7 Å². The zero-order valence-electron chi connectivity index (χ0n) is 9.34. The van der Waals surface area contributed by atoms with Crippen LogP contribution in [0.3, 0.4) is 0 Å². The van der Waals surface area contributed by atoms with Crippen molar-refractivity contribution < 1.29 is 22.7 Å². The van der Waals surface area contributed by atoms with Gasteiger partial charge in [-0.3, -0.25) is 4.79 Å². The lowest BCUT2D eigenvalue weighted by atomic mass is 10.3. The number of benzene rings is 1. The molecule has 7 nitrogen and oxygen atoms in total. The van der Waals surface area contributed by atoms with Crippen LogP contribution in [0.25, 0.3) is 0 Å². The Morgan fingerprint density at radius 3 is 2.84 bits per heavy atom. The van der Waals surface area contributed by atoms with Crippen LogP contribution < -0.4 is 15.8 Å². The molecular weight excluding hydrogens is 262 g/mol. The Labute approximate surface area is 105 Å². The quantitative estimate of drug-likeness (QED) is 0.853. The Morgan fingerprint density at radius 2 is 2.21 bits per heavy atom. The first-order valence-corrected chi connectivity index (χ1v) is 5.00. The number of carbonyl (C=O) groups excluding carboxylic acids is 1. The summed E-state index contributed by atoms with van der Waals surface area (Å²) >= 11 is 0. The van der Waals surface area contributed by atoms with Gasteiger partial charge in [-0.15, -0.1) is 5.10 Å². The van der Waals surface area contributed by atoms with Gasteiger partial charge >= 0.3 is 24.4 Å². The fourth-order valence-electron chi connectivity index (χ4n) is 1.25.